The molecule has 1 aliphatic rings. The van der Waals surface area contributed by atoms with Crippen LogP contribution in [-0.4, -0.2) is 46.4 Å². The number of Topliss-reactive ketones (excluding diaryl/α,β-unsaturated/α-hetero) is 1. The Morgan fingerprint density at radius 2 is 2.00 bits per heavy atom. The lowest BCUT2D eigenvalue weighted by atomic mass is 9.97. The number of amides is 1. The first-order chi connectivity index (χ1) is 16.0. The Hall–Kier alpha value is -3.55. The number of ketones is 1. The Bertz CT molecular complexity index is 1110. The predicted molar refractivity (Wildman–Crippen MR) is 119 cm³/mol. The van der Waals surface area contributed by atoms with Crippen LogP contribution < -0.4 is 4.74 Å². The molecule has 1 fully saturated rings. The Labute approximate surface area is 191 Å². The number of carbonyl (C=O) groups excluding carboxylic acids is 2. The zero-order valence-corrected chi connectivity index (χ0v) is 18.5. The molecule has 0 spiro atoms. The van der Waals surface area contributed by atoms with Crippen LogP contribution in [0, 0.1) is 5.82 Å². The van der Waals surface area contributed by atoms with Gasteiger partial charge in [0.2, 0.25) is 17.6 Å². The van der Waals surface area contributed by atoms with E-state index in [0.717, 1.165) is 12.8 Å². The fourth-order valence-electron chi connectivity index (χ4n) is 3.98. The van der Waals surface area contributed by atoms with E-state index in [0.29, 0.717) is 48.3 Å². The number of ether oxygens (including phenoxy) is 1. The van der Waals surface area contributed by atoms with Gasteiger partial charge in [0.1, 0.15) is 11.6 Å². The Morgan fingerprint density at radius 3 is 2.76 bits per heavy atom. The summed E-state index contributed by atoms with van der Waals surface area (Å²) in [6.07, 6.45) is 1.93. The number of hydrogen-bond acceptors (Lipinski definition) is 6. The van der Waals surface area contributed by atoms with E-state index in [2.05, 4.69) is 10.1 Å². The smallest absolute Gasteiger partial charge is 0.231 e. The van der Waals surface area contributed by atoms with E-state index in [9.17, 15) is 14.0 Å². The number of nitrogens with zero attached hydrogens (tertiary/aromatic N) is 3. The minimum Gasteiger partial charge on any atom is -0.494 e. The summed E-state index contributed by atoms with van der Waals surface area (Å²) in [5.74, 6) is 0.894. The van der Waals surface area contributed by atoms with E-state index in [1.807, 2.05) is 6.92 Å². The highest BCUT2D eigenvalue weighted by Gasteiger charge is 2.29. The summed E-state index contributed by atoms with van der Waals surface area (Å²) in [5.41, 5.74) is 1.11. The van der Waals surface area contributed by atoms with Gasteiger partial charge in [0, 0.05) is 37.1 Å². The van der Waals surface area contributed by atoms with E-state index in [1.165, 1.54) is 12.1 Å². The monoisotopic (exact) mass is 451 g/mol. The van der Waals surface area contributed by atoms with Crippen molar-refractivity contribution in [1.29, 1.82) is 0 Å². The first-order valence-corrected chi connectivity index (χ1v) is 11.2. The highest BCUT2D eigenvalue weighted by molar-refractivity contribution is 5.98. The first kappa shape index (κ1) is 22.6. The molecule has 8 heteroatoms. The molecule has 1 amide bonds. The summed E-state index contributed by atoms with van der Waals surface area (Å²) in [6.45, 7) is 3.56. The molecule has 1 unspecified atom stereocenters. The zero-order valence-electron chi connectivity index (χ0n) is 18.5. The van der Waals surface area contributed by atoms with Gasteiger partial charge in [0.25, 0.3) is 0 Å². The molecule has 172 valence electrons. The number of hydrogen-bond donors (Lipinski definition) is 0. The van der Waals surface area contributed by atoms with Crippen molar-refractivity contribution in [3.05, 3.63) is 65.8 Å². The average molecular weight is 451 g/mol. The van der Waals surface area contributed by atoms with Gasteiger partial charge in [-0.05, 0) is 56.2 Å². The van der Waals surface area contributed by atoms with Crippen LogP contribution in [0.3, 0.4) is 0 Å². The molecule has 0 N–H and O–H groups in total. The topological polar surface area (TPSA) is 85.5 Å². The van der Waals surface area contributed by atoms with Crippen LogP contribution >= 0.6 is 0 Å². The molecule has 1 aromatic heterocycles. The summed E-state index contributed by atoms with van der Waals surface area (Å²) >= 11 is 0. The summed E-state index contributed by atoms with van der Waals surface area (Å²) in [5, 5.41) is 3.97. The number of carbonyl (C=O) groups is 2. The van der Waals surface area contributed by atoms with Crippen molar-refractivity contribution >= 4 is 11.7 Å². The van der Waals surface area contributed by atoms with Gasteiger partial charge in [-0.1, -0.05) is 17.3 Å². The molecule has 2 aromatic carbocycles. The molecule has 33 heavy (non-hydrogen) atoms. The molecule has 1 atom stereocenters. The van der Waals surface area contributed by atoms with Crippen molar-refractivity contribution in [1.82, 2.24) is 15.0 Å². The number of benzene rings is 2. The van der Waals surface area contributed by atoms with Crippen molar-refractivity contribution in [2.24, 2.45) is 0 Å². The number of piperidine rings is 1. The van der Waals surface area contributed by atoms with Gasteiger partial charge in [0.15, 0.2) is 5.78 Å². The Morgan fingerprint density at radius 1 is 1.18 bits per heavy atom. The Balaban J connectivity index is 1.32. The van der Waals surface area contributed by atoms with Gasteiger partial charge in [-0.3, -0.25) is 9.59 Å². The van der Waals surface area contributed by atoms with Gasteiger partial charge in [-0.15, -0.1) is 0 Å². The van der Waals surface area contributed by atoms with Gasteiger partial charge >= 0.3 is 0 Å². The molecular weight excluding hydrogens is 425 g/mol. The predicted octanol–water partition coefficient (Wildman–Crippen LogP) is 4.64. The first-order valence-electron chi connectivity index (χ1n) is 11.2. The molecule has 0 saturated carbocycles. The zero-order chi connectivity index (χ0) is 23.2. The molecule has 0 aliphatic carbocycles. The highest BCUT2D eigenvalue weighted by atomic mass is 19.1. The average Bonchev–Trinajstić information content (AvgIpc) is 3.34. The van der Waals surface area contributed by atoms with Gasteiger partial charge < -0.3 is 14.2 Å². The van der Waals surface area contributed by atoms with Gasteiger partial charge in [-0.2, -0.15) is 4.98 Å². The molecule has 1 aliphatic heterocycles. The lowest BCUT2D eigenvalue weighted by Crippen LogP contribution is -2.39. The van der Waals surface area contributed by atoms with Crippen LogP contribution in [0.25, 0.3) is 11.4 Å². The minimum atomic E-state index is -0.368. The van der Waals surface area contributed by atoms with Gasteiger partial charge in [0.05, 0.1) is 12.5 Å². The van der Waals surface area contributed by atoms with Crippen molar-refractivity contribution in [3.8, 4) is 17.1 Å². The molecule has 2 heterocycles. The van der Waals surface area contributed by atoms with Crippen LogP contribution in [-0.2, 0) is 4.79 Å². The van der Waals surface area contributed by atoms with Crippen molar-refractivity contribution in [2.45, 2.75) is 38.5 Å². The second-order valence-electron chi connectivity index (χ2n) is 8.03. The van der Waals surface area contributed by atoms with Crippen LogP contribution in [0.2, 0.25) is 0 Å². The largest absolute Gasteiger partial charge is 0.494 e. The molecule has 4 rings (SSSR count). The molecular formula is C25H26FN3O4. The van der Waals surface area contributed by atoms with Crippen molar-refractivity contribution in [3.63, 3.8) is 0 Å². The van der Waals surface area contributed by atoms with E-state index in [1.54, 1.807) is 41.3 Å². The van der Waals surface area contributed by atoms with Crippen molar-refractivity contribution < 1.29 is 23.2 Å². The molecule has 3 aromatic rings. The quantitative estimate of drug-likeness (QED) is 0.464. The molecule has 0 bridgehead atoms. The lowest BCUT2D eigenvalue weighted by molar-refractivity contribution is -0.132. The number of rotatable bonds is 8. The highest BCUT2D eigenvalue weighted by Crippen LogP contribution is 2.28. The van der Waals surface area contributed by atoms with Gasteiger partial charge in [-0.25, -0.2) is 4.39 Å². The normalized spacial score (nSPS) is 15.9. The molecule has 0 radical (unpaired) electrons. The van der Waals surface area contributed by atoms with Crippen LogP contribution in [0.5, 0.6) is 5.75 Å². The molecule has 1 saturated heterocycles. The molecule has 7 nitrogen and oxygen atoms in total. The van der Waals surface area contributed by atoms with Crippen LogP contribution in [0.15, 0.2) is 53.1 Å². The van der Waals surface area contributed by atoms with Crippen LogP contribution in [0.1, 0.15) is 54.8 Å². The van der Waals surface area contributed by atoms with Crippen molar-refractivity contribution in [2.75, 3.05) is 19.7 Å². The Kier molecular flexibility index (Phi) is 7.12. The van der Waals surface area contributed by atoms with Crippen LogP contribution in [0.4, 0.5) is 4.39 Å². The van der Waals surface area contributed by atoms with E-state index in [4.69, 9.17) is 9.26 Å². The second-order valence-corrected chi connectivity index (χ2v) is 8.03. The fourth-order valence-corrected chi connectivity index (χ4v) is 3.98. The maximum Gasteiger partial charge on any atom is 0.231 e. The third kappa shape index (κ3) is 5.63. The number of aromatic nitrogens is 2. The van der Waals surface area contributed by atoms with E-state index >= 15 is 0 Å². The maximum atomic E-state index is 13.5. The summed E-state index contributed by atoms with van der Waals surface area (Å²) < 4.78 is 24.3. The SMILES string of the molecule is CCOc1ccc(C(=O)CCC(=O)N2CCCC(c3nc(-c4cccc(F)c4)no3)C2)cc1. The van der Waals surface area contributed by atoms with E-state index < -0.39 is 0 Å². The lowest BCUT2D eigenvalue weighted by Gasteiger charge is -2.31. The second kappa shape index (κ2) is 10.4. The number of halogens is 1. The fraction of sp³-hybridized carbons (Fsp3) is 0.360. The van der Waals surface area contributed by atoms with E-state index in [-0.39, 0.29) is 36.3 Å². The third-order valence-electron chi connectivity index (χ3n) is 5.70. The summed E-state index contributed by atoms with van der Waals surface area (Å²) in [4.78, 5) is 31.4. The third-order valence-corrected chi connectivity index (χ3v) is 5.70. The standard InChI is InChI=1S/C25H26FN3O4/c1-2-32-21-10-8-17(9-11-21)22(30)12-13-23(31)29-14-4-6-19(16-29)25-27-24(28-33-25)18-5-3-7-20(26)15-18/h3,5,7-11,15,19H,2,4,6,12-14,16H2,1H3. The maximum absolute atomic E-state index is 13.5. The number of likely N-dealkylation sites (tertiary alicyclic amines) is 1. The summed E-state index contributed by atoms with van der Waals surface area (Å²) in [7, 11) is 0. The summed E-state index contributed by atoms with van der Waals surface area (Å²) in [6, 6.07) is 13.0. The minimum absolute atomic E-state index is 0.0659.